The Bertz CT molecular complexity index is 1400. The van der Waals surface area contributed by atoms with Gasteiger partial charge >= 0.3 is 0 Å². The van der Waals surface area contributed by atoms with E-state index in [0.29, 0.717) is 10.8 Å². The SMILES string of the molecule is CC(C)c1nn(C)cc1-c1nn2c(Cc3c(F)cc4ncccc4c3F)nnc2s1. The zero-order valence-electron chi connectivity index (χ0n) is 16.5. The number of aryl methyl sites for hydroxylation is 1. The first kappa shape index (κ1) is 18.7. The molecule has 0 bridgehead atoms. The highest BCUT2D eigenvalue weighted by Gasteiger charge is 2.22. The maximum Gasteiger partial charge on any atom is 0.234 e. The third kappa shape index (κ3) is 2.95. The molecular weight excluding hydrogens is 408 g/mol. The van der Waals surface area contributed by atoms with Gasteiger partial charge in [-0.15, -0.1) is 10.2 Å². The van der Waals surface area contributed by atoms with Gasteiger partial charge < -0.3 is 0 Å². The first-order valence-corrected chi connectivity index (χ1v) is 10.2. The molecule has 152 valence electrons. The quantitative estimate of drug-likeness (QED) is 0.433. The number of aromatic nitrogens is 7. The topological polar surface area (TPSA) is 73.8 Å². The summed E-state index contributed by atoms with van der Waals surface area (Å²) in [6.45, 7) is 4.13. The normalized spacial score (nSPS) is 11.9. The van der Waals surface area contributed by atoms with E-state index in [-0.39, 0.29) is 28.8 Å². The zero-order chi connectivity index (χ0) is 21.0. The van der Waals surface area contributed by atoms with Gasteiger partial charge in [-0.25, -0.2) is 8.78 Å². The number of hydrogen-bond donors (Lipinski definition) is 0. The molecule has 0 aliphatic carbocycles. The van der Waals surface area contributed by atoms with Crippen LogP contribution in [0.3, 0.4) is 0 Å². The van der Waals surface area contributed by atoms with Crippen molar-refractivity contribution in [3.8, 4) is 10.6 Å². The summed E-state index contributed by atoms with van der Waals surface area (Å²) in [5, 5.41) is 18.4. The van der Waals surface area contributed by atoms with Crippen LogP contribution in [0.25, 0.3) is 26.4 Å². The Hall–Kier alpha value is -3.27. The molecule has 0 atom stereocenters. The van der Waals surface area contributed by atoms with E-state index in [9.17, 15) is 8.78 Å². The van der Waals surface area contributed by atoms with Gasteiger partial charge in [0.05, 0.1) is 16.8 Å². The van der Waals surface area contributed by atoms with Crippen LogP contribution in [0.1, 0.15) is 36.8 Å². The molecule has 0 N–H and O–H groups in total. The summed E-state index contributed by atoms with van der Waals surface area (Å²) < 4.78 is 32.9. The van der Waals surface area contributed by atoms with Gasteiger partial charge in [0.25, 0.3) is 0 Å². The van der Waals surface area contributed by atoms with Crippen molar-refractivity contribution in [3.63, 3.8) is 0 Å². The first-order valence-electron chi connectivity index (χ1n) is 9.39. The minimum absolute atomic E-state index is 0.0725. The van der Waals surface area contributed by atoms with Crippen LogP contribution in [0.5, 0.6) is 0 Å². The first-order chi connectivity index (χ1) is 14.4. The van der Waals surface area contributed by atoms with Gasteiger partial charge in [0.2, 0.25) is 4.96 Å². The number of fused-ring (bicyclic) bond motifs is 2. The molecule has 7 nitrogen and oxygen atoms in total. The molecule has 0 aliphatic rings. The third-order valence-corrected chi connectivity index (χ3v) is 5.85. The molecule has 0 spiro atoms. The highest BCUT2D eigenvalue weighted by atomic mass is 32.1. The molecule has 0 saturated carbocycles. The molecule has 0 radical (unpaired) electrons. The predicted molar refractivity (Wildman–Crippen MR) is 109 cm³/mol. The number of halogens is 2. The van der Waals surface area contributed by atoms with Crippen molar-refractivity contribution in [2.24, 2.45) is 7.05 Å². The van der Waals surface area contributed by atoms with Gasteiger partial charge in [0.1, 0.15) is 11.6 Å². The summed E-state index contributed by atoms with van der Waals surface area (Å²) in [5.41, 5.74) is 2.05. The van der Waals surface area contributed by atoms with Crippen molar-refractivity contribution in [1.82, 2.24) is 34.6 Å². The van der Waals surface area contributed by atoms with E-state index >= 15 is 0 Å². The second kappa shape index (κ2) is 6.91. The molecule has 5 rings (SSSR count). The second-order valence-corrected chi connectivity index (χ2v) is 8.33. The van der Waals surface area contributed by atoms with Crippen LogP contribution in [0.15, 0.2) is 30.6 Å². The van der Waals surface area contributed by atoms with E-state index < -0.39 is 11.6 Å². The Morgan fingerprint density at radius 1 is 1.17 bits per heavy atom. The van der Waals surface area contributed by atoms with Crippen LogP contribution in [0, 0.1) is 11.6 Å². The smallest absolute Gasteiger partial charge is 0.234 e. The van der Waals surface area contributed by atoms with E-state index in [2.05, 4.69) is 39.2 Å². The highest BCUT2D eigenvalue weighted by molar-refractivity contribution is 7.19. The Labute approximate surface area is 174 Å². The van der Waals surface area contributed by atoms with Gasteiger partial charge in [0.15, 0.2) is 10.8 Å². The standard InChI is InChI=1S/C20H17F2N7S/c1-10(2)18-13(9-28(3)26-18)19-27-29-16(24-25-20(29)30-19)7-12-14(21)8-15-11(17(12)22)5-4-6-23-15/h4-6,8-10H,7H2,1-3H3. The van der Waals surface area contributed by atoms with Crippen LogP contribution in [0.2, 0.25) is 0 Å². The van der Waals surface area contributed by atoms with Crippen molar-refractivity contribution in [2.75, 3.05) is 0 Å². The molecule has 30 heavy (non-hydrogen) atoms. The maximum absolute atomic E-state index is 15.0. The van der Waals surface area contributed by atoms with Crippen molar-refractivity contribution in [1.29, 1.82) is 0 Å². The van der Waals surface area contributed by atoms with Crippen molar-refractivity contribution in [2.45, 2.75) is 26.2 Å². The molecule has 0 unspecified atom stereocenters. The van der Waals surface area contributed by atoms with E-state index in [1.54, 1.807) is 21.3 Å². The van der Waals surface area contributed by atoms with Gasteiger partial charge in [-0.1, -0.05) is 25.2 Å². The molecular formula is C20H17F2N7S. The van der Waals surface area contributed by atoms with Gasteiger partial charge in [-0.05, 0) is 18.1 Å². The number of nitrogens with zero attached hydrogens (tertiary/aromatic N) is 7. The minimum Gasteiger partial charge on any atom is -0.275 e. The molecule has 4 heterocycles. The zero-order valence-corrected chi connectivity index (χ0v) is 17.3. The van der Waals surface area contributed by atoms with Crippen LogP contribution < -0.4 is 0 Å². The molecule has 0 aliphatic heterocycles. The lowest BCUT2D eigenvalue weighted by atomic mass is 10.1. The van der Waals surface area contributed by atoms with Crippen molar-refractivity contribution >= 4 is 27.2 Å². The Kier molecular flexibility index (Phi) is 4.31. The fourth-order valence-corrected chi connectivity index (χ4v) is 4.36. The highest BCUT2D eigenvalue weighted by Crippen LogP contribution is 2.32. The van der Waals surface area contributed by atoms with Gasteiger partial charge in [-0.3, -0.25) is 9.67 Å². The number of benzene rings is 1. The van der Waals surface area contributed by atoms with E-state index in [4.69, 9.17) is 0 Å². The number of hydrogen-bond acceptors (Lipinski definition) is 6. The lowest BCUT2D eigenvalue weighted by Gasteiger charge is -2.06. The van der Waals surface area contributed by atoms with Crippen molar-refractivity contribution < 1.29 is 8.78 Å². The molecule has 0 amide bonds. The summed E-state index contributed by atoms with van der Waals surface area (Å²) in [6, 6.07) is 4.44. The molecule has 0 saturated heterocycles. The molecule has 4 aromatic heterocycles. The maximum atomic E-state index is 15.0. The largest absolute Gasteiger partial charge is 0.275 e. The fraction of sp³-hybridized carbons (Fsp3) is 0.250. The Morgan fingerprint density at radius 3 is 2.80 bits per heavy atom. The molecule has 5 aromatic rings. The van der Waals surface area contributed by atoms with Crippen LogP contribution in [0.4, 0.5) is 8.78 Å². The lowest BCUT2D eigenvalue weighted by molar-refractivity contribution is 0.566. The summed E-state index contributed by atoms with van der Waals surface area (Å²) in [5.74, 6) is -0.715. The Balaban J connectivity index is 1.58. The van der Waals surface area contributed by atoms with E-state index in [0.717, 1.165) is 16.3 Å². The van der Waals surface area contributed by atoms with Crippen LogP contribution in [-0.4, -0.2) is 34.6 Å². The summed E-state index contributed by atoms with van der Waals surface area (Å²) in [4.78, 5) is 4.58. The molecule has 1 aromatic carbocycles. The molecule has 10 heteroatoms. The summed E-state index contributed by atoms with van der Waals surface area (Å²) in [7, 11) is 1.86. The summed E-state index contributed by atoms with van der Waals surface area (Å²) >= 11 is 1.37. The predicted octanol–water partition coefficient (Wildman–Crippen LogP) is 4.13. The second-order valence-electron chi connectivity index (χ2n) is 7.37. The minimum atomic E-state index is -0.666. The van der Waals surface area contributed by atoms with Gasteiger partial charge in [-0.2, -0.15) is 14.7 Å². The monoisotopic (exact) mass is 425 g/mol. The average molecular weight is 425 g/mol. The van der Waals surface area contributed by atoms with Crippen molar-refractivity contribution in [3.05, 3.63) is 59.3 Å². The van der Waals surface area contributed by atoms with Crippen LogP contribution in [-0.2, 0) is 13.5 Å². The van der Waals surface area contributed by atoms with E-state index in [1.165, 1.54) is 23.6 Å². The van der Waals surface area contributed by atoms with E-state index in [1.807, 2.05) is 13.2 Å². The van der Waals surface area contributed by atoms with Gasteiger partial charge in [0, 0.05) is 42.9 Å². The molecule has 0 fully saturated rings. The lowest BCUT2D eigenvalue weighted by Crippen LogP contribution is -2.04. The third-order valence-electron chi connectivity index (χ3n) is 4.92. The number of rotatable bonds is 4. The number of pyridine rings is 1. The average Bonchev–Trinajstić information content (AvgIpc) is 3.39. The fourth-order valence-electron chi connectivity index (χ4n) is 3.49. The van der Waals surface area contributed by atoms with Crippen LogP contribution >= 0.6 is 11.3 Å². The summed E-state index contributed by atoms with van der Waals surface area (Å²) in [6.07, 6.45) is 3.34. The Morgan fingerprint density at radius 2 is 2.00 bits per heavy atom.